The van der Waals surface area contributed by atoms with Crippen molar-refractivity contribution in [2.24, 2.45) is 0 Å². The third-order valence-electron chi connectivity index (χ3n) is 12.2. The maximum Gasteiger partial charge on any atom is 0.331 e. The van der Waals surface area contributed by atoms with Crippen LogP contribution < -0.4 is 20.9 Å². The second-order valence-corrected chi connectivity index (χ2v) is 17.0. The van der Waals surface area contributed by atoms with Crippen LogP contribution in [-0.4, -0.2) is 104 Å². The summed E-state index contributed by atoms with van der Waals surface area (Å²) in [5, 5.41) is 0.934. The lowest BCUT2D eigenvalue weighted by atomic mass is 10.0. The molecule has 0 amide bonds. The van der Waals surface area contributed by atoms with Gasteiger partial charge in [-0.05, 0) is 36.4 Å². The number of aromatic nitrogens is 12. The average Bonchev–Trinajstić information content (AvgIpc) is 4.18. The summed E-state index contributed by atoms with van der Waals surface area (Å²) >= 11 is 3.18. The Morgan fingerprint density at radius 2 is 1.24 bits per heavy atom. The molecular weight excluding hydrogens is 973 g/mol. The largest absolute Gasteiger partial charge is 0.493 e. The van der Waals surface area contributed by atoms with E-state index in [2.05, 4.69) is 55.3 Å². The number of para-hydroxylation sites is 2. The maximum atomic E-state index is 13.7. The summed E-state index contributed by atoms with van der Waals surface area (Å²) < 4.78 is 30.0. The Hall–Kier alpha value is -8.50. The number of nitrogens with one attached hydrogen (secondary N) is 1. The first kappa shape index (κ1) is 46.2. The predicted molar refractivity (Wildman–Crippen MR) is 269 cm³/mol. The van der Waals surface area contributed by atoms with E-state index in [4.69, 9.17) is 37.3 Å². The molecule has 10 aromatic rings. The minimum atomic E-state index is -0.242. The van der Waals surface area contributed by atoms with Crippen molar-refractivity contribution in [3.8, 4) is 23.4 Å². The van der Waals surface area contributed by atoms with Crippen LogP contribution in [0.25, 0.3) is 66.0 Å². The Labute approximate surface area is 412 Å². The number of imidazole rings is 4. The number of methoxy groups -OCH3 is 2. The van der Waals surface area contributed by atoms with E-state index in [0.717, 1.165) is 56.6 Å². The molecule has 1 N–H and O–H groups in total. The van der Waals surface area contributed by atoms with Gasteiger partial charge in [-0.1, -0.05) is 64.5 Å². The number of alkyl halides is 1. The molecule has 20 nitrogen and oxygen atoms in total. The Bertz CT molecular complexity index is 3800. The topological polar surface area (TPSA) is 198 Å². The van der Waals surface area contributed by atoms with Crippen LogP contribution in [-0.2, 0) is 16.0 Å². The van der Waals surface area contributed by atoms with Crippen LogP contribution in [0.4, 0.5) is 11.4 Å². The molecule has 0 saturated heterocycles. The number of hydrogen-bond donors (Lipinski definition) is 1. The van der Waals surface area contributed by atoms with Crippen molar-refractivity contribution in [3.05, 3.63) is 165 Å². The summed E-state index contributed by atoms with van der Waals surface area (Å²) in [7, 11) is 3.29. The molecule has 4 aromatic carbocycles. The molecule has 2 aliphatic rings. The van der Waals surface area contributed by atoms with Gasteiger partial charge in [0.05, 0.1) is 92.7 Å². The lowest BCUT2D eigenvalue weighted by Crippen LogP contribution is -2.31. The molecule has 0 saturated carbocycles. The fourth-order valence-corrected chi connectivity index (χ4v) is 9.19. The number of rotatable bonds is 9. The average molecular weight is 1020 g/mol. The van der Waals surface area contributed by atoms with Gasteiger partial charge in [-0.3, -0.25) is 22.8 Å². The van der Waals surface area contributed by atoms with Gasteiger partial charge in [0.15, 0.2) is 22.7 Å². The number of hydrogen-bond acceptors (Lipinski definition) is 12. The SMILES string of the molecule is COCCBr.[C-]#[N+]c1ccc2ncn(-c3ncc4[nH]c(=O)n([C@@H]5CCOc6ccccc65)c4n3)c2c1.[C-]#[N+]c1ccc2ncn(-c3ncc4c(n3)n([C@@H]3CCOc5ccccc53)c(=O)n4CCOC)c2c1. The van der Waals surface area contributed by atoms with Crippen molar-refractivity contribution in [1.29, 1.82) is 0 Å². The van der Waals surface area contributed by atoms with Crippen LogP contribution in [0.3, 0.4) is 0 Å². The summed E-state index contributed by atoms with van der Waals surface area (Å²) in [4.78, 5) is 63.8. The number of H-pyrrole nitrogens is 1. The van der Waals surface area contributed by atoms with Crippen LogP contribution in [0.15, 0.2) is 120 Å². The highest BCUT2D eigenvalue weighted by Gasteiger charge is 2.30. The molecule has 356 valence electrons. The lowest BCUT2D eigenvalue weighted by molar-refractivity contribution is 0.186. The Morgan fingerprint density at radius 1 is 0.690 bits per heavy atom. The molecule has 6 aromatic heterocycles. The summed E-state index contributed by atoms with van der Waals surface area (Å²) in [5.41, 5.74) is 7.65. The second-order valence-electron chi connectivity index (χ2n) is 16.2. The van der Waals surface area contributed by atoms with Gasteiger partial charge in [0.25, 0.3) is 0 Å². The van der Waals surface area contributed by atoms with Crippen molar-refractivity contribution >= 4 is 71.7 Å². The lowest BCUT2D eigenvalue weighted by Gasteiger charge is -2.26. The molecular formula is C50H43BrN14O6. The van der Waals surface area contributed by atoms with Gasteiger partial charge in [-0.25, -0.2) is 39.2 Å². The first-order valence-electron chi connectivity index (χ1n) is 22.5. The highest BCUT2D eigenvalue weighted by molar-refractivity contribution is 9.09. The normalized spacial score (nSPS) is 14.8. The predicted octanol–water partition coefficient (Wildman–Crippen LogP) is 7.91. The maximum absolute atomic E-state index is 13.7. The smallest absolute Gasteiger partial charge is 0.331 e. The minimum Gasteiger partial charge on any atom is -0.493 e. The first-order valence-corrected chi connectivity index (χ1v) is 23.6. The molecule has 0 spiro atoms. The quantitative estimate of drug-likeness (QED) is 0.109. The zero-order chi connectivity index (χ0) is 49.0. The minimum absolute atomic E-state index is 0.170. The molecule has 2 aliphatic heterocycles. The van der Waals surface area contributed by atoms with E-state index < -0.39 is 0 Å². The third kappa shape index (κ3) is 8.78. The van der Waals surface area contributed by atoms with Gasteiger partial charge in [0, 0.05) is 43.5 Å². The van der Waals surface area contributed by atoms with Crippen molar-refractivity contribution in [2.75, 3.05) is 46.0 Å². The zero-order valence-electron chi connectivity index (χ0n) is 38.3. The number of aromatic amines is 1. The van der Waals surface area contributed by atoms with Crippen molar-refractivity contribution in [1.82, 2.24) is 57.7 Å². The molecule has 0 aliphatic carbocycles. The van der Waals surface area contributed by atoms with Gasteiger partial charge in [0.2, 0.25) is 11.9 Å². The van der Waals surface area contributed by atoms with Gasteiger partial charge >= 0.3 is 11.4 Å². The molecule has 2 atom stereocenters. The highest BCUT2D eigenvalue weighted by Crippen LogP contribution is 2.37. The summed E-state index contributed by atoms with van der Waals surface area (Å²) in [6.45, 7) is 17.2. The van der Waals surface area contributed by atoms with Crippen molar-refractivity contribution < 1.29 is 18.9 Å². The van der Waals surface area contributed by atoms with E-state index in [-0.39, 0.29) is 23.5 Å². The molecule has 0 bridgehead atoms. The highest BCUT2D eigenvalue weighted by atomic mass is 79.9. The van der Waals surface area contributed by atoms with E-state index in [1.165, 1.54) is 0 Å². The van der Waals surface area contributed by atoms with Crippen molar-refractivity contribution in [2.45, 2.75) is 31.5 Å². The summed E-state index contributed by atoms with van der Waals surface area (Å²) in [6.07, 6.45) is 7.83. The molecule has 21 heteroatoms. The Morgan fingerprint density at radius 3 is 1.79 bits per heavy atom. The Kier molecular flexibility index (Phi) is 13.2. The fourth-order valence-electron chi connectivity index (χ4n) is 8.87. The van der Waals surface area contributed by atoms with Crippen LogP contribution in [0, 0.1) is 13.1 Å². The number of benzene rings is 4. The zero-order valence-corrected chi connectivity index (χ0v) is 39.9. The van der Waals surface area contributed by atoms with Crippen LogP contribution >= 0.6 is 15.9 Å². The third-order valence-corrected chi connectivity index (χ3v) is 12.5. The van der Waals surface area contributed by atoms with Gasteiger partial charge < -0.3 is 23.9 Å². The Balaban J connectivity index is 0.000000151. The van der Waals surface area contributed by atoms with Gasteiger partial charge in [-0.2, -0.15) is 9.97 Å². The van der Waals surface area contributed by atoms with E-state index in [1.54, 1.807) is 98.5 Å². The molecule has 12 rings (SSSR count). The van der Waals surface area contributed by atoms with Gasteiger partial charge in [0.1, 0.15) is 35.2 Å². The first-order chi connectivity index (χ1) is 34.8. The van der Waals surface area contributed by atoms with E-state index >= 15 is 0 Å². The fraction of sp³-hybridized carbons (Fsp3) is 0.240. The second kappa shape index (κ2) is 20.2. The van der Waals surface area contributed by atoms with E-state index in [1.807, 2.05) is 48.5 Å². The summed E-state index contributed by atoms with van der Waals surface area (Å²) in [5.74, 6) is 2.31. The van der Waals surface area contributed by atoms with Crippen LogP contribution in [0.1, 0.15) is 36.1 Å². The number of nitrogens with zero attached hydrogens (tertiary/aromatic N) is 13. The number of fused-ring (bicyclic) bond motifs is 6. The molecule has 0 fully saturated rings. The van der Waals surface area contributed by atoms with Gasteiger partial charge in [-0.15, -0.1) is 0 Å². The monoisotopic (exact) mass is 1010 g/mol. The van der Waals surface area contributed by atoms with E-state index in [9.17, 15) is 9.59 Å². The van der Waals surface area contributed by atoms with E-state index in [0.29, 0.717) is 84.8 Å². The number of ether oxygens (including phenoxy) is 4. The number of halogens is 1. The standard InChI is InChI=1S/C25H21N7O3.C22H15N7O2.C3H7BrO/c1-26-16-7-8-18-20(13-16)31(15-28-18)24-27-14-21-23(29-24)32(25(33)30(21)10-12-34-2)19-9-11-35-22-6-4-3-5-17(19)22;1-23-13-6-7-15-18(10-13)28(12-25-15)21-24-11-16-20(27-21)29(22(30)26-16)17-8-9-31-19-5-3-2-4-14(17)19;1-5-3-2-4/h3-8,13-15,19H,9-12H2,2H3;2-7,10-12,17H,8-9H2,(H,26,30);2-3H2,1H3/t19-;17-;/m11./s1. The van der Waals surface area contributed by atoms with Crippen LogP contribution in [0.5, 0.6) is 11.5 Å². The molecule has 71 heavy (non-hydrogen) atoms. The molecule has 0 radical (unpaired) electrons. The molecule has 8 heterocycles. The van der Waals surface area contributed by atoms with Crippen molar-refractivity contribution in [3.63, 3.8) is 0 Å². The van der Waals surface area contributed by atoms with Crippen LogP contribution in [0.2, 0.25) is 0 Å². The molecule has 0 unspecified atom stereocenters. The summed E-state index contributed by atoms with van der Waals surface area (Å²) in [6, 6.07) is 25.7.